The number of hydrogen-bond acceptors (Lipinski definition) is 4. The number of fused-ring (bicyclic) bond motifs is 2. The maximum absolute atomic E-state index is 13.0. The van der Waals surface area contributed by atoms with E-state index in [0.29, 0.717) is 25.3 Å². The molecule has 0 spiro atoms. The molecule has 0 aliphatic carbocycles. The molecule has 0 N–H and O–H groups in total. The number of benzene rings is 1. The first-order valence-electron chi connectivity index (χ1n) is 7.93. The van der Waals surface area contributed by atoms with Gasteiger partial charge in [-0.25, -0.2) is 4.98 Å². The number of para-hydroxylation sites is 1. The van der Waals surface area contributed by atoms with Gasteiger partial charge in [0.15, 0.2) is 0 Å². The lowest BCUT2D eigenvalue weighted by atomic mass is 10.2. The maximum atomic E-state index is 13.0. The second-order valence-corrected chi connectivity index (χ2v) is 5.94. The van der Waals surface area contributed by atoms with Gasteiger partial charge >= 0.3 is 0 Å². The van der Waals surface area contributed by atoms with Crippen molar-refractivity contribution in [2.24, 2.45) is 0 Å². The molecule has 0 bridgehead atoms. The first kappa shape index (κ1) is 14.8. The maximum Gasteiger partial charge on any atom is 0.272 e. The summed E-state index contributed by atoms with van der Waals surface area (Å²) in [6.45, 7) is 1.67. The van der Waals surface area contributed by atoms with Gasteiger partial charge in [0.25, 0.3) is 5.91 Å². The Morgan fingerprint density at radius 2 is 2.04 bits per heavy atom. The zero-order valence-electron chi connectivity index (χ0n) is 13.4. The van der Waals surface area contributed by atoms with Gasteiger partial charge in [-0.05, 0) is 18.2 Å². The van der Waals surface area contributed by atoms with E-state index in [0.717, 1.165) is 16.6 Å². The van der Waals surface area contributed by atoms with E-state index < -0.39 is 0 Å². The highest BCUT2D eigenvalue weighted by Crippen LogP contribution is 2.17. The Hall–Kier alpha value is -2.73. The number of methoxy groups -OCH3 is 1. The smallest absolute Gasteiger partial charge is 0.272 e. The molecule has 4 rings (SSSR count). The van der Waals surface area contributed by atoms with E-state index in [9.17, 15) is 4.79 Å². The molecule has 122 valence electrons. The Bertz CT molecular complexity index is 889. The van der Waals surface area contributed by atoms with E-state index in [1.807, 2.05) is 41.1 Å². The molecule has 0 saturated carbocycles. The number of carbonyl (C=O) groups excluding carboxylic acids is 1. The van der Waals surface area contributed by atoms with Crippen LogP contribution in [0.5, 0.6) is 0 Å². The van der Waals surface area contributed by atoms with Crippen molar-refractivity contribution in [1.82, 2.24) is 19.7 Å². The molecule has 6 heteroatoms. The standard InChI is InChI=1S/C18H18N4O2/c1-24-15-11-21(10-14-8-9-19-22(14)12-15)18(23)17-7-6-13-4-2-3-5-16(13)20-17/h2-9,15H,10-12H2,1H3/t15-/m0/s1. The van der Waals surface area contributed by atoms with Crippen molar-refractivity contribution in [2.75, 3.05) is 13.7 Å². The van der Waals surface area contributed by atoms with Crippen LogP contribution in [0.1, 0.15) is 16.2 Å². The average Bonchev–Trinajstić information content (AvgIpc) is 2.98. The van der Waals surface area contributed by atoms with Crippen LogP contribution in [0.15, 0.2) is 48.7 Å². The molecule has 1 aliphatic rings. The molecular weight excluding hydrogens is 304 g/mol. The van der Waals surface area contributed by atoms with Gasteiger partial charge in [-0.15, -0.1) is 0 Å². The summed E-state index contributed by atoms with van der Waals surface area (Å²) >= 11 is 0. The minimum atomic E-state index is -0.0874. The molecule has 3 aromatic rings. The predicted molar refractivity (Wildman–Crippen MR) is 89.5 cm³/mol. The highest BCUT2D eigenvalue weighted by Gasteiger charge is 2.26. The van der Waals surface area contributed by atoms with Gasteiger partial charge in [0.05, 0.1) is 30.4 Å². The number of nitrogens with zero attached hydrogens (tertiary/aromatic N) is 4. The summed E-state index contributed by atoms with van der Waals surface area (Å²) in [5.74, 6) is -0.0857. The summed E-state index contributed by atoms with van der Waals surface area (Å²) in [5.41, 5.74) is 2.28. The first-order chi connectivity index (χ1) is 11.7. The summed E-state index contributed by atoms with van der Waals surface area (Å²) in [4.78, 5) is 19.3. The van der Waals surface area contributed by atoms with E-state index in [-0.39, 0.29) is 12.0 Å². The first-order valence-corrected chi connectivity index (χ1v) is 7.93. The Labute approximate surface area is 139 Å². The average molecular weight is 322 g/mol. The topological polar surface area (TPSA) is 60.2 Å². The van der Waals surface area contributed by atoms with Crippen LogP contribution in [0, 0.1) is 0 Å². The molecule has 0 fully saturated rings. The second-order valence-electron chi connectivity index (χ2n) is 5.94. The fraction of sp³-hybridized carbons (Fsp3) is 0.278. The lowest BCUT2D eigenvalue weighted by Crippen LogP contribution is -2.37. The highest BCUT2D eigenvalue weighted by molar-refractivity contribution is 5.94. The number of aromatic nitrogens is 3. The normalized spacial score (nSPS) is 17.5. The van der Waals surface area contributed by atoms with Gasteiger partial charge in [0.2, 0.25) is 0 Å². The Kier molecular flexibility index (Phi) is 3.74. The third-order valence-electron chi connectivity index (χ3n) is 4.40. The fourth-order valence-corrected chi connectivity index (χ4v) is 3.07. The van der Waals surface area contributed by atoms with Crippen LogP contribution in [0.4, 0.5) is 0 Å². The van der Waals surface area contributed by atoms with Gasteiger partial charge in [0, 0.05) is 25.2 Å². The summed E-state index contributed by atoms with van der Waals surface area (Å²) < 4.78 is 7.41. The van der Waals surface area contributed by atoms with Crippen LogP contribution in [0.2, 0.25) is 0 Å². The van der Waals surface area contributed by atoms with E-state index in [2.05, 4.69) is 10.1 Å². The second kappa shape index (κ2) is 6.05. The van der Waals surface area contributed by atoms with Gasteiger partial charge in [-0.2, -0.15) is 5.10 Å². The largest absolute Gasteiger partial charge is 0.378 e. The van der Waals surface area contributed by atoms with Crippen LogP contribution < -0.4 is 0 Å². The lowest BCUT2D eigenvalue weighted by Gasteiger charge is -2.23. The number of hydrogen-bond donors (Lipinski definition) is 0. The number of pyridine rings is 1. The minimum Gasteiger partial charge on any atom is -0.378 e. The van der Waals surface area contributed by atoms with Crippen LogP contribution in [0.25, 0.3) is 10.9 Å². The summed E-state index contributed by atoms with van der Waals surface area (Å²) in [7, 11) is 1.66. The van der Waals surface area contributed by atoms with Crippen molar-refractivity contribution in [1.29, 1.82) is 0 Å². The SMILES string of the molecule is CO[C@H]1CN(C(=O)c2ccc3ccccc3n2)Cc2ccnn2C1. The van der Waals surface area contributed by atoms with Gasteiger partial charge < -0.3 is 9.64 Å². The number of carbonyl (C=O) groups is 1. The van der Waals surface area contributed by atoms with Gasteiger partial charge in [0.1, 0.15) is 5.69 Å². The van der Waals surface area contributed by atoms with Crippen molar-refractivity contribution >= 4 is 16.8 Å². The molecule has 1 aliphatic heterocycles. The quantitative estimate of drug-likeness (QED) is 0.725. The zero-order valence-corrected chi connectivity index (χ0v) is 13.4. The van der Waals surface area contributed by atoms with Crippen molar-refractivity contribution in [3.8, 4) is 0 Å². The van der Waals surface area contributed by atoms with Crippen LogP contribution >= 0.6 is 0 Å². The third-order valence-corrected chi connectivity index (χ3v) is 4.40. The molecule has 1 aromatic carbocycles. The van der Waals surface area contributed by atoms with Crippen molar-refractivity contribution in [3.63, 3.8) is 0 Å². The van der Waals surface area contributed by atoms with E-state index in [1.165, 1.54) is 0 Å². The van der Waals surface area contributed by atoms with Crippen molar-refractivity contribution < 1.29 is 9.53 Å². The monoisotopic (exact) mass is 322 g/mol. The highest BCUT2D eigenvalue weighted by atomic mass is 16.5. The molecule has 1 amide bonds. The van der Waals surface area contributed by atoms with E-state index >= 15 is 0 Å². The van der Waals surface area contributed by atoms with Crippen molar-refractivity contribution in [2.45, 2.75) is 19.2 Å². The molecule has 24 heavy (non-hydrogen) atoms. The summed E-state index contributed by atoms with van der Waals surface area (Å²) in [6, 6.07) is 13.5. The lowest BCUT2D eigenvalue weighted by molar-refractivity contribution is 0.0446. The molecule has 6 nitrogen and oxygen atoms in total. The third kappa shape index (κ3) is 2.65. The zero-order chi connectivity index (χ0) is 16.5. The van der Waals surface area contributed by atoms with E-state index in [4.69, 9.17) is 4.74 Å². The minimum absolute atomic E-state index is 0.0857. The van der Waals surface area contributed by atoms with Crippen molar-refractivity contribution in [3.05, 3.63) is 60.0 Å². The predicted octanol–water partition coefficient (Wildman–Crippen LogP) is 2.10. The molecule has 2 aromatic heterocycles. The number of amides is 1. The van der Waals surface area contributed by atoms with Gasteiger partial charge in [-0.1, -0.05) is 24.3 Å². The molecule has 3 heterocycles. The molecule has 1 atom stereocenters. The molecule has 0 saturated heterocycles. The molecule has 0 unspecified atom stereocenters. The van der Waals surface area contributed by atoms with E-state index in [1.54, 1.807) is 24.3 Å². The molecule has 0 radical (unpaired) electrons. The summed E-state index contributed by atoms with van der Waals surface area (Å²) in [6.07, 6.45) is 1.67. The summed E-state index contributed by atoms with van der Waals surface area (Å²) in [5, 5.41) is 5.33. The Morgan fingerprint density at radius 3 is 2.92 bits per heavy atom. The van der Waals surface area contributed by atoms with Crippen LogP contribution in [0.3, 0.4) is 0 Å². The number of rotatable bonds is 2. The van der Waals surface area contributed by atoms with Gasteiger partial charge in [-0.3, -0.25) is 9.48 Å². The fourth-order valence-electron chi connectivity index (χ4n) is 3.07. The van der Waals surface area contributed by atoms with Crippen LogP contribution in [-0.2, 0) is 17.8 Å². The number of ether oxygens (including phenoxy) is 1. The Balaban J connectivity index is 1.66. The Morgan fingerprint density at radius 1 is 1.17 bits per heavy atom. The van der Waals surface area contributed by atoms with Crippen LogP contribution in [-0.4, -0.2) is 45.3 Å². The molecular formula is C18H18N4O2.